The second-order valence-electron chi connectivity index (χ2n) is 6.22. The molecule has 0 aliphatic carbocycles. The third kappa shape index (κ3) is 5.51. The van der Waals surface area contributed by atoms with E-state index in [0.29, 0.717) is 5.02 Å². The molecular weight excluding hydrogens is 409 g/mol. The van der Waals surface area contributed by atoms with E-state index in [1.165, 1.54) is 36.4 Å². The van der Waals surface area contributed by atoms with E-state index in [1.807, 2.05) is 0 Å². The van der Waals surface area contributed by atoms with Crippen molar-refractivity contribution >= 4 is 33.4 Å². The summed E-state index contributed by atoms with van der Waals surface area (Å²) in [6.45, 7) is 3.21. The van der Waals surface area contributed by atoms with Crippen LogP contribution >= 0.6 is 11.6 Å². The molecular formula is C18H19ClFN3O4S. The number of hydrazine groups is 1. The highest BCUT2D eigenvalue weighted by Crippen LogP contribution is 2.15. The van der Waals surface area contributed by atoms with Crippen LogP contribution in [0.5, 0.6) is 0 Å². The minimum Gasteiger partial charge on any atom is -0.271 e. The highest BCUT2D eigenvalue weighted by Gasteiger charge is 2.30. The van der Waals surface area contributed by atoms with Gasteiger partial charge >= 0.3 is 0 Å². The molecule has 0 aliphatic rings. The summed E-state index contributed by atoms with van der Waals surface area (Å²) in [5, 5.41) is 0.447. The predicted molar refractivity (Wildman–Crippen MR) is 102 cm³/mol. The van der Waals surface area contributed by atoms with Crippen molar-refractivity contribution in [2.45, 2.75) is 24.8 Å². The van der Waals surface area contributed by atoms with Gasteiger partial charge in [-0.1, -0.05) is 37.6 Å². The maximum atomic E-state index is 13.8. The topological polar surface area (TPSA) is 104 Å². The van der Waals surface area contributed by atoms with Crippen molar-refractivity contribution in [3.63, 3.8) is 0 Å². The summed E-state index contributed by atoms with van der Waals surface area (Å²) < 4.78 is 40.9. The molecule has 0 radical (unpaired) electrons. The Bertz CT molecular complexity index is 965. The lowest BCUT2D eigenvalue weighted by molar-refractivity contribution is -0.124. The number of hydrogen-bond acceptors (Lipinski definition) is 4. The smallest absolute Gasteiger partial charge is 0.269 e. The van der Waals surface area contributed by atoms with Crippen LogP contribution in [0.3, 0.4) is 0 Å². The van der Waals surface area contributed by atoms with E-state index < -0.39 is 44.5 Å². The van der Waals surface area contributed by atoms with Crippen LogP contribution in [0.25, 0.3) is 0 Å². The molecule has 28 heavy (non-hydrogen) atoms. The second kappa shape index (κ2) is 9.13. The molecule has 2 amide bonds. The lowest BCUT2D eigenvalue weighted by Gasteiger charge is -2.22. The molecule has 0 saturated heterocycles. The first kappa shape index (κ1) is 21.8. The molecule has 150 valence electrons. The normalized spacial score (nSPS) is 12.5. The van der Waals surface area contributed by atoms with E-state index in [4.69, 9.17) is 11.6 Å². The number of rotatable bonds is 6. The molecule has 0 unspecified atom stereocenters. The average Bonchev–Trinajstić information content (AvgIpc) is 2.64. The third-order valence-electron chi connectivity index (χ3n) is 3.76. The Labute approximate surface area is 167 Å². The van der Waals surface area contributed by atoms with Crippen molar-refractivity contribution in [1.82, 2.24) is 15.6 Å². The van der Waals surface area contributed by atoms with Crippen LogP contribution in [0.1, 0.15) is 24.2 Å². The van der Waals surface area contributed by atoms with E-state index >= 15 is 0 Å². The summed E-state index contributed by atoms with van der Waals surface area (Å²) in [5.41, 5.74) is 4.62. The van der Waals surface area contributed by atoms with Crippen LogP contribution in [-0.2, 0) is 14.8 Å². The highest BCUT2D eigenvalue weighted by molar-refractivity contribution is 7.89. The maximum Gasteiger partial charge on any atom is 0.269 e. The fraction of sp³-hybridized carbons (Fsp3) is 0.222. The minimum absolute atomic E-state index is 0.248. The van der Waals surface area contributed by atoms with E-state index in [-0.39, 0.29) is 5.56 Å². The third-order valence-corrected chi connectivity index (χ3v) is 5.49. The average molecular weight is 428 g/mol. The summed E-state index contributed by atoms with van der Waals surface area (Å²) in [7, 11) is -4.29. The molecule has 10 heteroatoms. The largest absolute Gasteiger partial charge is 0.271 e. The quantitative estimate of drug-likeness (QED) is 0.615. The molecule has 0 fully saturated rings. The van der Waals surface area contributed by atoms with Crippen LogP contribution in [-0.4, -0.2) is 26.3 Å². The molecule has 0 heterocycles. The minimum atomic E-state index is -4.29. The first-order chi connectivity index (χ1) is 13.1. The van der Waals surface area contributed by atoms with Gasteiger partial charge in [-0.15, -0.1) is 0 Å². The van der Waals surface area contributed by atoms with Crippen LogP contribution < -0.4 is 15.6 Å². The number of amides is 2. The Kier molecular flexibility index (Phi) is 7.11. The van der Waals surface area contributed by atoms with Gasteiger partial charge in [-0.05, 0) is 42.3 Å². The van der Waals surface area contributed by atoms with Crippen molar-refractivity contribution in [1.29, 1.82) is 0 Å². The van der Waals surface area contributed by atoms with Gasteiger partial charge in [0, 0.05) is 10.6 Å². The molecule has 7 nitrogen and oxygen atoms in total. The lowest BCUT2D eigenvalue weighted by Crippen LogP contribution is -2.54. The Morgan fingerprint density at radius 3 is 2.18 bits per heavy atom. The van der Waals surface area contributed by atoms with Gasteiger partial charge < -0.3 is 0 Å². The first-order valence-corrected chi connectivity index (χ1v) is 10.1. The number of benzene rings is 2. The van der Waals surface area contributed by atoms with Crippen LogP contribution in [0, 0.1) is 11.7 Å². The van der Waals surface area contributed by atoms with Gasteiger partial charge in [0.2, 0.25) is 10.0 Å². The van der Waals surface area contributed by atoms with E-state index in [9.17, 15) is 22.4 Å². The lowest BCUT2D eigenvalue weighted by atomic mass is 10.1. The maximum absolute atomic E-state index is 13.8. The SMILES string of the molecule is CC(C)[C@H](NS(=O)(=O)c1ccccc1F)C(=O)NNC(=O)c1ccc(Cl)cc1. The van der Waals surface area contributed by atoms with E-state index in [1.54, 1.807) is 13.8 Å². The number of carbonyl (C=O) groups excluding carboxylic acids is 2. The second-order valence-corrected chi connectivity index (χ2v) is 8.34. The van der Waals surface area contributed by atoms with Gasteiger partial charge in [0.15, 0.2) is 0 Å². The molecule has 0 aromatic heterocycles. The Hall–Kier alpha value is -2.49. The zero-order valence-corrected chi connectivity index (χ0v) is 16.6. The molecule has 3 N–H and O–H groups in total. The van der Waals surface area contributed by atoms with E-state index in [0.717, 1.165) is 12.1 Å². The standard InChI is InChI=1S/C18H19ClFN3O4S/c1-11(2)16(23-28(26,27)15-6-4-3-5-14(15)20)18(25)22-21-17(24)12-7-9-13(19)10-8-12/h3-11,16,23H,1-2H3,(H,21,24)(H,22,25)/t16-/m0/s1. The van der Waals surface area contributed by atoms with Crippen molar-refractivity contribution < 1.29 is 22.4 Å². The summed E-state index contributed by atoms with van der Waals surface area (Å²) in [6.07, 6.45) is 0. The highest BCUT2D eigenvalue weighted by atomic mass is 35.5. The van der Waals surface area contributed by atoms with Crippen molar-refractivity contribution in [2.75, 3.05) is 0 Å². The summed E-state index contributed by atoms with van der Waals surface area (Å²) in [5.74, 6) is -2.82. The van der Waals surface area contributed by atoms with Gasteiger partial charge in [-0.2, -0.15) is 4.72 Å². The molecule has 1 atom stereocenters. The van der Waals surface area contributed by atoms with Crippen molar-refractivity contribution in [3.05, 3.63) is 64.9 Å². The number of carbonyl (C=O) groups is 2. The van der Waals surface area contributed by atoms with Crippen molar-refractivity contribution in [2.24, 2.45) is 5.92 Å². The van der Waals surface area contributed by atoms with Gasteiger partial charge in [0.1, 0.15) is 16.8 Å². The molecule has 2 aromatic rings. The molecule has 2 aromatic carbocycles. The summed E-state index contributed by atoms with van der Waals surface area (Å²) >= 11 is 5.75. The first-order valence-electron chi connectivity index (χ1n) is 8.24. The fourth-order valence-corrected chi connectivity index (χ4v) is 3.80. The van der Waals surface area contributed by atoms with Crippen molar-refractivity contribution in [3.8, 4) is 0 Å². The number of nitrogens with one attached hydrogen (secondary N) is 3. The molecule has 2 rings (SSSR count). The summed E-state index contributed by atoms with van der Waals surface area (Å²) in [4.78, 5) is 23.9. The van der Waals surface area contributed by atoms with E-state index in [2.05, 4.69) is 15.6 Å². The Morgan fingerprint density at radius 1 is 1.00 bits per heavy atom. The predicted octanol–water partition coefficient (Wildman–Crippen LogP) is 2.24. The Balaban J connectivity index is 2.08. The van der Waals surface area contributed by atoms with Gasteiger partial charge in [-0.25, -0.2) is 12.8 Å². The van der Waals surface area contributed by atoms with Gasteiger partial charge in [0.25, 0.3) is 11.8 Å². The fourth-order valence-electron chi connectivity index (χ4n) is 2.26. The van der Waals surface area contributed by atoms with Gasteiger partial charge in [-0.3, -0.25) is 20.4 Å². The molecule has 0 saturated carbocycles. The van der Waals surface area contributed by atoms with Crippen LogP contribution in [0.2, 0.25) is 5.02 Å². The number of hydrogen-bond donors (Lipinski definition) is 3. The van der Waals surface area contributed by atoms with Gasteiger partial charge in [0.05, 0.1) is 0 Å². The monoisotopic (exact) mass is 427 g/mol. The molecule has 0 bridgehead atoms. The number of halogens is 2. The zero-order chi connectivity index (χ0) is 20.9. The molecule has 0 spiro atoms. The Morgan fingerprint density at radius 2 is 1.61 bits per heavy atom. The van der Waals surface area contributed by atoms with Crippen LogP contribution in [0.4, 0.5) is 4.39 Å². The van der Waals surface area contributed by atoms with Crippen LogP contribution in [0.15, 0.2) is 53.4 Å². The number of sulfonamides is 1. The zero-order valence-electron chi connectivity index (χ0n) is 15.1. The summed E-state index contributed by atoms with van der Waals surface area (Å²) in [6, 6.07) is 9.53. The molecule has 0 aliphatic heterocycles.